The fraction of sp³-hybridized carbons (Fsp3) is 0.333. The molecule has 0 atom stereocenters. The van der Waals surface area contributed by atoms with Crippen molar-refractivity contribution in [2.45, 2.75) is 13.5 Å². The molecular weight excluding hydrogens is 200 g/mol. The molecule has 4 heteroatoms. The van der Waals surface area contributed by atoms with Crippen LogP contribution in [-0.4, -0.2) is 21.3 Å². The van der Waals surface area contributed by atoms with Gasteiger partial charge >= 0.3 is 0 Å². The first-order valence-corrected chi connectivity index (χ1v) is 5.32. The molecule has 0 aromatic carbocycles. The molecule has 2 heterocycles. The van der Waals surface area contributed by atoms with E-state index in [9.17, 15) is 0 Å². The summed E-state index contributed by atoms with van der Waals surface area (Å²) in [5.41, 5.74) is 3.13. The van der Waals surface area contributed by atoms with Crippen molar-refractivity contribution in [1.29, 1.82) is 0 Å². The molecule has 0 saturated heterocycles. The van der Waals surface area contributed by atoms with Gasteiger partial charge in [-0.15, -0.1) is 6.58 Å². The number of aromatic nitrogens is 3. The molecule has 0 aliphatic heterocycles. The molecule has 0 amide bonds. The summed E-state index contributed by atoms with van der Waals surface area (Å²) in [6, 6.07) is 2.14. The Balaban J connectivity index is 2.29. The van der Waals surface area contributed by atoms with Crippen LogP contribution in [-0.2, 0) is 13.6 Å². The second kappa shape index (κ2) is 4.45. The van der Waals surface area contributed by atoms with Gasteiger partial charge in [0, 0.05) is 31.7 Å². The Hall–Kier alpha value is -1.68. The van der Waals surface area contributed by atoms with Crippen LogP contribution in [0.15, 0.2) is 24.9 Å². The third-order valence-electron chi connectivity index (χ3n) is 2.54. The zero-order valence-corrected chi connectivity index (χ0v) is 9.70. The van der Waals surface area contributed by atoms with Gasteiger partial charge in [-0.3, -0.25) is 4.68 Å². The summed E-state index contributed by atoms with van der Waals surface area (Å²) >= 11 is 0. The van der Waals surface area contributed by atoms with Gasteiger partial charge in [-0.1, -0.05) is 6.08 Å². The maximum atomic E-state index is 4.41. The molecule has 0 saturated carbocycles. The van der Waals surface area contributed by atoms with E-state index in [0.717, 1.165) is 29.8 Å². The van der Waals surface area contributed by atoms with Gasteiger partial charge in [0.1, 0.15) is 0 Å². The molecule has 0 unspecified atom stereocenters. The lowest BCUT2D eigenvalue weighted by Gasteiger charge is -2.02. The van der Waals surface area contributed by atoms with Crippen molar-refractivity contribution in [3.8, 4) is 0 Å². The fourth-order valence-corrected chi connectivity index (χ4v) is 1.77. The van der Waals surface area contributed by atoms with Crippen LogP contribution < -0.4 is 5.32 Å². The first-order chi connectivity index (χ1) is 7.72. The van der Waals surface area contributed by atoms with Crippen molar-refractivity contribution in [2.75, 3.05) is 6.54 Å². The Morgan fingerprint density at radius 1 is 1.56 bits per heavy atom. The number of nitrogens with zero attached hydrogens (tertiary/aromatic N) is 3. The highest BCUT2D eigenvalue weighted by Gasteiger charge is 2.06. The van der Waals surface area contributed by atoms with E-state index in [1.807, 2.05) is 30.9 Å². The normalized spacial score (nSPS) is 10.9. The Morgan fingerprint density at radius 3 is 3.12 bits per heavy atom. The van der Waals surface area contributed by atoms with Gasteiger partial charge in [-0.2, -0.15) is 5.10 Å². The zero-order chi connectivity index (χ0) is 11.5. The smallest absolute Gasteiger partial charge is 0.157 e. The molecule has 0 aliphatic rings. The lowest BCUT2D eigenvalue weighted by Crippen LogP contribution is -2.12. The molecule has 0 radical (unpaired) electrons. The summed E-state index contributed by atoms with van der Waals surface area (Å²) in [7, 11) is 1.91. The van der Waals surface area contributed by atoms with Crippen LogP contribution in [0.4, 0.5) is 0 Å². The minimum absolute atomic E-state index is 0.809. The molecule has 0 bridgehead atoms. The highest BCUT2D eigenvalue weighted by atomic mass is 15.3. The van der Waals surface area contributed by atoms with E-state index in [2.05, 4.69) is 28.0 Å². The van der Waals surface area contributed by atoms with Crippen LogP contribution in [0.25, 0.3) is 11.0 Å². The molecule has 2 aromatic rings. The highest BCUT2D eigenvalue weighted by molar-refractivity contribution is 5.78. The van der Waals surface area contributed by atoms with Crippen molar-refractivity contribution in [3.63, 3.8) is 0 Å². The van der Waals surface area contributed by atoms with Gasteiger partial charge in [-0.25, -0.2) is 4.98 Å². The van der Waals surface area contributed by atoms with Gasteiger partial charge in [0.05, 0.1) is 5.69 Å². The van der Waals surface area contributed by atoms with E-state index in [1.54, 1.807) is 0 Å². The Bertz CT molecular complexity index is 513. The molecular formula is C12H16N4. The van der Waals surface area contributed by atoms with Crippen molar-refractivity contribution in [2.24, 2.45) is 7.05 Å². The maximum Gasteiger partial charge on any atom is 0.157 e. The summed E-state index contributed by atoms with van der Waals surface area (Å²) in [5.74, 6) is 0. The van der Waals surface area contributed by atoms with Gasteiger partial charge in [0.2, 0.25) is 0 Å². The van der Waals surface area contributed by atoms with Gasteiger partial charge < -0.3 is 5.32 Å². The van der Waals surface area contributed by atoms with Gasteiger partial charge in [0.15, 0.2) is 5.65 Å². The summed E-state index contributed by atoms with van der Waals surface area (Å²) in [5, 5.41) is 8.73. The van der Waals surface area contributed by atoms with Crippen LogP contribution in [0.1, 0.15) is 11.3 Å². The summed E-state index contributed by atoms with van der Waals surface area (Å²) < 4.78 is 1.81. The number of aryl methyl sites for hydroxylation is 2. The van der Waals surface area contributed by atoms with Crippen molar-refractivity contribution >= 4 is 11.0 Å². The number of nitrogens with one attached hydrogen (secondary N) is 1. The molecule has 0 aliphatic carbocycles. The average molecular weight is 216 g/mol. The third kappa shape index (κ3) is 1.97. The molecule has 2 aromatic heterocycles. The largest absolute Gasteiger partial charge is 0.309 e. The predicted octanol–water partition coefficient (Wildman–Crippen LogP) is 1.55. The van der Waals surface area contributed by atoms with Gasteiger partial charge in [-0.05, 0) is 18.6 Å². The topological polar surface area (TPSA) is 42.7 Å². The van der Waals surface area contributed by atoms with E-state index in [1.165, 1.54) is 5.56 Å². The van der Waals surface area contributed by atoms with E-state index in [4.69, 9.17) is 0 Å². The van der Waals surface area contributed by atoms with Crippen LogP contribution in [0.5, 0.6) is 0 Å². The number of pyridine rings is 1. The third-order valence-corrected chi connectivity index (χ3v) is 2.54. The lowest BCUT2D eigenvalue weighted by atomic mass is 10.2. The monoisotopic (exact) mass is 216 g/mol. The first-order valence-electron chi connectivity index (χ1n) is 5.32. The highest BCUT2D eigenvalue weighted by Crippen LogP contribution is 2.16. The molecule has 0 spiro atoms. The summed E-state index contributed by atoms with van der Waals surface area (Å²) in [6.45, 7) is 7.29. The number of hydrogen-bond acceptors (Lipinski definition) is 3. The van der Waals surface area contributed by atoms with Crippen molar-refractivity contribution < 1.29 is 0 Å². The number of fused-ring (bicyclic) bond motifs is 1. The van der Waals surface area contributed by atoms with Crippen molar-refractivity contribution in [3.05, 3.63) is 36.2 Å². The minimum atomic E-state index is 0.809. The average Bonchev–Trinajstić information content (AvgIpc) is 2.55. The predicted molar refractivity (Wildman–Crippen MR) is 65.1 cm³/mol. The Kier molecular flexibility index (Phi) is 3.01. The maximum absolute atomic E-state index is 4.41. The first kappa shape index (κ1) is 10.8. The molecule has 16 heavy (non-hydrogen) atoms. The molecule has 84 valence electrons. The summed E-state index contributed by atoms with van der Waals surface area (Å²) in [4.78, 5) is 4.41. The molecule has 1 N–H and O–H groups in total. The molecule has 4 nitrogen and oxygen atoms in total. The van der Waals surface area contributed by atoms with Gasteiger partial charge in [0.25, 0.3) is 0 Å². The SMILES string of the molecule is C=CCNCc1cnc2c(c1)c(C)nn2C. The number of hydrogen-bond donors (Lipinski definition) is 1. The Morgan fingerprint density at radius 2 is 2.38 bits per heavy atom. The van der Waals surface area contributed by atoms with E-state index < -0.39 is 0 Å². The van der Waals surface area contributed by atoms with Crippen LogP contribution in [0, 0.1) is 6.92 Å². The minimum Gasteiger partial charge on any atom is -0.309 e. The van der Waals surface area contributed by atoms with Crippen molar-refractivity contribution in [1.82, 2.24) is 20.1 Å². The quantitative estimate of drug-likeness (QED) is 0.623. The van der Waals surface area contributed by atoms with Crippen LogP contribution >= 0.6 is 0 Å². The standard InChI is InChI=1S/C12H16N4/c1-4-5-13-7-10-6-11-9(2)15-16(3)12(11)14-8-10/h4,6,8,13H,1,5,7H2,2-3H3. The fourth-order valence-electron chi connectivity index (χ4n) is 1.77. The number of rotatable bonds is 4. The van der Waals surface area contributed by atoms with E-state index >= 15 is 0 Å². The second-order valence-electron chi connectivity index (χ2n) is 3.84. The Labute approximate surface area is 95.0 Å². The molecule has 0 fully saturated rings. The molecule has 2 rings (SSSR count). The van der Waals surface area contributed by atoms with Crippen LogP contribution in [0.2, 0.25) is 0 Å². The second-order valence-corrected chi connectivity index (χ2v) is 3.84. The van der Waals surface area contributed by atoms with E-state index in [0.29, 0.717) is 0 Å². The zero-order valence-electron chi connectivity index (χ0n) is 9.70. The van der Waals surface area contributed by atoms with E-state index in [-0.39, 0.29) is 0 Å². The van der Waals surface area contributed by atoms with Crippen LogP contribution in [0.3, 0.4) is 0 Å². The lowest BCUT2D eigenvalue weighted by molar-refractivity contribution is 0.755. The summed E-state index contributed by atoms with van der Waals surface area (Å²) in [6.07, 6.45) is 3.74.